The molecular formula is C10H15BrN2. The van der Waals surface area contributed by atoms with Crippen molar-refractivity contribution in [3.63, 3.8) is 0 Å². The molecule has 72 valence electrons. The molecule has 4 N–H and O–H groups in total. The second kappa shape index (κ2) is 4.74. The Morgan fingerprint density at radius 3 is 2.69 bits per heavy atom. The largest absolute Gasteiger partial charge is 0.330 e. The highest BCUT2D eigenvalue weighted by Crippen LogP contribution is 2.24. The summed E-state index contributed by atoms with van der Waals surface area (Å²) in [5.74, 6) is 0. The van der Waals surface area contributed by atoms with E-state index in [-0.39, 0.29) is 6.04 Å². The van der Waals surface area contributed by atoms with E-state index in [1.165, 1.54) is 5.56 Å². The topological polar surface area (TPSA) is 52.0 Å². The Bertz CT molecular complexity index is 286. The van der Waals surface area contributed by atoms with Gasteiger partial charge in [0, 0.05) is 10.5 Å². The van der Waals surface area contributed by atoms with Crippen LogP contribution in [0.25, 0.3) is 0 Å². The van der Waals surface area contributed by atoms with Crippen LogP contribution in [0.2, 0.25) is 0 Å². The third kappa shape index (κ3) is 2.79. The van der Waals surface area contributed by atoms with Crippen LogP contribution in [0, 0.1) is 6.92 Å². The van der Waals surface area contributed by atoms with Gasteiger partial charge in [-0.05, 0) is 37.1 Å². The summed E-state index contributed by atoms with van der Waals surface area (Å²) in [6.07, 6.45) is 0.821. The molecule has 0 saturated carbocycles. The molecule has 0 spiro atoms. The molecule has 1 atom stereocenters. The van der Waals surface area contributed by atoms with E-state index in [0.29, 0.717) is 6.54 Å². The van der Waals surface area contributed by atoms with Gasteiger partial charge in [-0.15, -0.1) is 0 Å². The van der Waals surface area contributed by atoms with Gasteiger partial charge in [-0.1, -0.05) is 28.1 Å². The fraction of sp³-hybridized carbons (Fsp3) is 0.400. The molecule has 0 bridgehead atoms. The van der Waals surface area contributed by atoms with Gasteiger partial charge in [0.25, 0.3) is 0 Å². The maximum absolute atomic E-state index is 5.95. The first kappa shape index (κ1) is 10.7. The van der Waals surface area contributed by atoms with Gasteiger partial charge in [0.1, 0.15) is 0 Å². The molecule has 0 aliphatic carbocycles. The van der Waals surface area contributed by atoms with Crippen molar-refractivity contribution in [2.75, 3.05) is 6.54 Å². The molecule has 0 aliphatic rings. The highest BCUT2D eigenvalue weighted by Gasteiger charge is 2.08. The Morgan fingerprint density at radius 2 is 2.15 bits per heavy atom. The van der Waals surface area contributed by atoms with Crippen molar-refractivity contribution in [3.05, 3.63) is 33.8 Å². The van der Waals surface area contributed by atoms with Crippen LogP contribution in [0.15, 0.2) is 22.7 Å². The Hall–Kier alpha value is -0.380. The summed E-state index contributed by atoms with van der Waals surface area (Å²) < 4.78 is 1.08. The maximum atomic E-state index is 5.95. The first-order valence-corrected chi connectivity index (χ1v) is 5.16. The lowest BCUT2D eigenvalue weighted by Gasteiger charge is -2.12. The van der Waals surface area contributed by atoms with Crippen LogP contribution >= 0.6 is 15.9 Å². The van der Waals surface area contributed by atoms with Gasteiger partial charge in [0.05, 0.1) is 0 Å². The van der Waals surface area contributed by atoms with Gasteiger partial charge in [0.15, 0.2) is 0 Å². The minimum absolute atomic E-state index is 0.0416. The molecule has 0 heterocycles. The number of hydrogen-bond acceptors (Lipinski definition) is 2. The second-order valence-corrected chi connectivity index (χ2v) is 4.06. The second-order valence-electron chi connectivity index (χ2n) is 3.21. The minimum Gasteiger partial charge on any atom is -0.330 e. The van der Waals surface area contributed by atoms with Gasteiger partial charge in [-0.25, -0.2) is 0 Å². The van der Waals surface area contributed by atoms with E-state index in [9.17, 15) is 0 Å². The normalized spacial score (nSPS) is 12.9. The lowest BCUT2D eigenvalue weighted by Crippen LogP contribution is -2.15. The zero-order chi connectivity index (χ0) is 9.84. The third-order valence-corrected chi connectivity index (χ3v) is 2.72. The highest BCUT2D eigenvalue weighted by molar-refractivity contribution is 9.10. The summed E-state index contributed by atoms with van der Waals surface area (Å²) in [5.41, 5.74) is 13.8. The smallest absolute Gasteiger partial charge is 0.0318 e. The Labute approximate surface area is 87.4 Å². The molecule has 1 rings (SSSR count). The molecule has 1 aromatic rings. The first-order valence-electron chi connectivity index (χ1n) is 4.37. The molecule has 0 unspecified atom stereocenters. The summed E-state index contributed by atoms with van der Waals surface area (Å²) in [6.45, 7) is 2.68. The first-order chi connectivity index (χ1) is 6.15. The van der Waals surface area contributed by atoms with E-state index in [1.807, 2.05) is 0 Å². The quantitative estimate of drug-likeness (QED) is 0.854. The van der Waals surface area contributed by atoms with E-state index in [4.69, 9.17) is 11.5 Å². The summed E-state index contributed by atoms with van der Waals surface area (Å²) >= 11 is 3.50. The van der Waals surface area contributed by atoms with E-state index >= 15 is 0 Å². The molecule has 3 heteroatoms. The van der Waals surface area contributed by atoms with E-state index in [2.05, 4.69) is 41.1 Å². The molecule has 0 aliphatic heterocycles. The zero-order valence-electron chi connectivity index (χ0n) is 7.76. The van der Waals surface area contributed by atoms with Crippen molar-refractivity contribution >= 4 is 15.9 Å². The van der Waals surface area contributed by atoms with Gasteiger partial charge in [0.2, 0.25) is 0 Å². The lowest BCUT2D eigenvalue weighted by atomic mass is 10.0. The monoisotopic (exact) mass is 242 g/mol. The van der Waals surface area contributed by atoms with Crippen LogP contribution in [0.5, 0.6) is 0 Å². The van der Waals surface area contributed by atoms with Crippen LogP contribution in [0.1, 0.15) is 23.6 Å². The number of aryl methyl sites for hydroxylation is 1. The zero-order valence-corrected chi connectivity index (χ0v) is 9.34. The van der Waals surface area contributed by atoms with Crippen LogP contribution in [-0.4, -0.2) is 6.54 Å². The predicted molar refractivity (Wildman–Crippen MR) is 59.5 cm³/mol. The average Bonchev–Trinajstić information content (AvgIpc) is 2.04. The lowest BCUT2D eigenvalue weighted by molar-refractivity contribution is 0.658. The molecule has 2 nitrogen and oxygen atoms in total. The van der Waals surface area contributed by atoms with Crippen molar-refractivity contribution in [2.24, 2.45) is 11.5 Å². The van der Waals surface area contributed by atoms with Crippen LogP contribution in [-0.2, 0) is 0 Å². The highest BCUT2D eigenvalue weighted by atomic mass is 79.9. The number of halogens is 1. The van der Waals surface area contributed by atoms with Crippen molar-refractivity contribution in [3.8, 4) is 0 Å². The number of benzene rings is 1. The van der Waals surface area contributed by atoms with Crippen molar-refractivity contribution < 1.29 is 0 Å². The Morgan fingerprint density at radius 1 is 1.46 bits per heavy atom. The number of nitrogens with two attached hydrogens (primary N) is 2. The molecule has 0 saturated heterocycles. The molecule has 1 aromatic carbocycles. The fourth-order valence-electron chi connectivity index (χ4n) is 1.27. The summed E-state index contributed by atoms with van der Waals surface area (Å²) in [7, 11) is 0. The molecule has 13 heavy (non-hydrogen) atoms. The van der Waals surface area contributed by atoms with E-state index in [0.717, 1.165) is 16.5 Å². The van der Waals surface area contributed by atoms with E-state index < -0.39 is 0 Å². The molecule has 0 amide bonds. The summed E-state index contributed by atoms with van der Waals surface area (Å²) in [4.78, 5) is 0. The third-order valence-electron chi connectivity index (χ3n) is 2.03. The van der Waals surface area contributed by atoms with Gasteiger partial charge >= 0.3 is 0 Å². The molecule has 0 radical (unpaired) electrons. The van der Waals surface area contributed by atoms with Crippen LogP contribution in [0.3, 0.4) is 0 Å². The SMILES string of the molecule is Cc1ccc([C@@H](N)CCN)c(Br)c1. The predicted octanol–water partition coefficient (Wildman–Crippen LogP) is 2.11. The standard InChI is InChI=1S/C10H15BrN2/c1-7-2-3-8(9(11)6-7)10(13)4-5-12/h2-3,6,10H,4-5,12-13H2,1H3/t10-/m0/s1. The van der Waals surface area contributed by atoms with Gasteiger partial charge < -0.3 is 11.5 Å². The van der Waals surface area contributed by atoms with Gasteiger partial charge in [-0.2, -0.15) is 0 Å². The fourth-order valence-corrected chi connectivity index (χ4v) is 2.06. The molecule has 0 aromatic heterocycles. The van der Waals surface area contributed by atoms with Gasteiger partial charge in [-0.3, -0.25) is 0 Å². The summed E-state index contributed by atoms with van der Waals surface area (Å²) in [5, 5.41) is 0. The van der Waals surface area contributed by atoms with Crippen molar-refractivity contribution in [2.45, 2.75) is 19.4 Å². The number of hydrogen-bond donors (Lipinski definition) is 2. The van der Waals surface area contributed by atoms with Crippen molar-refractivity contribution in [1.29, 1.82) is 0 Å². The molecule has 0 fully saturated rings. The van der Waals surface area contributed by atoms with Crippen LogP contribution < -0.4 is 11.5 Å². The van der Waals surface area contributed by atoms with Crippen LogP contribution in [0.4, 0.5) is 0 Å². The molecular weight excluding hydrogens is 228 g/mol. The maximum Gasteiger partial charge on any atom is 0.0318 e. The van der Waals surface area contributed by atoms with Crippen molar-refractivity contribution in [1.82, 2.24) is 0 Å². The van der Waals surface area contributed by atoms with E-state index in [1.54, 1.807) is 0 Å². The Balaban J connectivity index is 2.88. The number of rotatable bonds is 3. The Kier molecular flexibility index (Phi) is 3.90. The summed E-state index contributed by atoms with van der Waals surface area (Å²) in [6, 6.07) is 6.24. The average molecular weight is 243 g/mol. The minimum atomic E-state index is 0.0416.